The summed E-state index contributed by atoms with van der Waals surface area (Å²) in [5, 5.41) is 0. The average Bonchev–Trinajstić information content (AvgIpc) is 2.81. The second-order valence-electron chi connectivity index (χ2n) is 4.76. The minimum atomic E-state index is -0.539. The highest BCUT2D eigenvalue weighted by Crippen LogP contribution is 2.38. The van der Waals surface area contributed by atoms with Crippen molar-refractivity contribution in [3.8, 4) is 0 Å². The summed E-state index contributed by atoms with van der Waals surface area (Å²) < 4.78 is 12.9. The smallest absolute Gasteiger partial charge is 0.227 e. The highest BCUT2D eigenvalue weighted by Gasteiger charge is 2.37. The third-order valence-corrected chi connectivity index (χ3v) is 3.77. The van der Waals surface area contributed by atoms with E-state index >= 15 is 0 Å². The first-order valence-corrected chi connectivity index (χ1v) is 5.77. The summed E-state index contributed by atoms with van der Waals surface area (Å²) in [6, 6.07) is 0. The largest absolute Gasteiger partial charge is 0.381 e. The summed E-state index contributed by atoms with van der Waals surface area (Å²) in [5.41, 5.74) is 5.45. The van der Waals surface area contributed by atoms with Crippen LogP contribution in [0.3, 0.4) is 0 Å². The predicted molar refractivity (Wildman–Crippen MR) is 59.4 cm³/mol. The van der Waals surface area contributed by atoms with Gasteiger partial charge >= 0.3 is 0 Å². The summed E-state index contributed by atoms with van der Waals surface area (Å²) >= 11 is 0. The number of hydrogen-bond donors (Lipinski definition) is 1. The van der Waals surface area contributed by atoms with Crippen molar-refractivity contribution in [2.24, 2.45) is 11.8 Å². The van der Waals surface area contributed by atoms with Crippen LogP contribution in [-0.4, -0.2) is 23.1 Å². The van der Waals surface area contributed by atoms with E-state index in [4.69, 9.17) is 5.73 Å². The second-order valence-corrected chi connectivity index (χ2v) is 4.76. The monoisotopic (exact) mass is 222 g/mol. The Hall–Kier alpha value is -1.39. The molecule has 4 nitrogen and oxygen atoms in total. The minimum Gasteiger partial charge on any atom is -0.381 e. The first-order chi connectivity index (χ1) is 7.74. The number of anilines is 2. The summed E-state index contributed by atoms with van der Waals surface area (Å²) in [6.45, 7) is 1.99. The van der Waals surface area contributed by atoms with Gasteiger partial charge in [-0.3, -0.25) is 0 Å². The maximum atomic E-state index is 12.9. The predicted octanol–water partition coefficient (Wildman–Crippen LogP) is 1.43. The molecule has 3 rings (SSSR count). The van der Waals surface area contributed by atoms with Crippen LogP contribution >= 0.6 is 0 Å². The van der Waals surface area contributed by atoms with Crippen LogP contribution in [0.2, 0.25) is 0 Å². The molecule has 0 spiro atoms. The molecule has 16 heavy (non-hydrogen) atoms. The van der Waals surface area contributed by atoms with Gasteiger partial charge in [-0.2, -0.15) is 4.98 Å². The Morgan fingerprint density at radius 1 is 1.31 bits per heavy atom. The molecule has 2 atom stereocenters. The van der Waals surface area contributed by atoms with Crippen molar-refractivity contribution in [1.29, 1.82) is 0 Å². The Morgan fingerprint density at radius 3 is 2.62 bits per heavy atom. The van der Waals surface area contributed by atoms with Gasteiger partial charge in [-0.05, 0) is 24.7 Å². The van der Waals surface area contributed by atoms with Crippen LogP contribution in [0.25, 0.3) is 0 Å². The van der Waals surface area contributed by atoms with Crippen LogP contribution in [0.15, 0.2) is 6.20 Å². The van der Waals surface area contributed by atoms with Gasteiger partial charge in [-0.1, -0.05) is 6.42 Å². The molecule has 1 aromatic heterocycles. The third-order valence-electron chi connectivity index (χ3n) is 3.77. The van der Waals surface area contributed by atoms with E-state index in [1.54, 1.807) is 0 Å². The molecule has 2 N–H and O–H groups in total. The zero-order valence-corrected chi connectivity index (χ0v) is 9.06. The van der Waals surface area contributed by atoms with Crippen molar-refractivity contribution in [3.63, 3.8) is 0 Å². The van der Waals surface area contributed by atoms with Crippen molar-refractivity contribution >= 4 is 11.8 Å². The van der Waals surface area contributed by atoms with Gasteiger partial charge in [0.05, 0.1) is 6.20 Å². The quantitative estimate of drug-likeness (QED) is 0.781. The topological polar surface area (TPSA) is 55.0 Å². The van der Waals surface area contributed by atoms with Crippen LogP contribution in [0.4, 0.5) is 16.2 Å². The molecular formula is C11H15FN4. The minimum absolute atomic E-state index is 0.0536. The number of nitrogens with zero attached hydrogens (tertiary/aromatic N) is 3. The van der Waals surface area contributed by atoms with Crippen LogP contribution in [-0.2, 0) is 0 Å². The highest BCUT2D eigenvalue weighted by molar-refractivity contribution is 5.40. The van der Waals surface area contributed by atoms with E-state index in [1.165, 1.54) is 19.3 Å². The van der Waals surface area contributed by atoms with Gasteiger partial charge in [-0.25, -0.2) is 9.37 Å². The fraction of sp³-hybridized carbons (Fsp3) is 0.636. The standard InChI is InChI=1S/C11H15FN4/c12-9-4-14-11(15-10(9)13)16-5-7-2-1-3-8(7)6-16/h4,7-8H,1-3,5-6H2,(H2,13,14,15)/t7-,8+. The van der Waals surface area contributed by atoms with Gasteiger partial charge < -0.3 is 10.6 Å². The van der Waals surface area contributed by atoms with Gasteiger partial charge in [0, 0.05) is 13.1 Å². The molecule has 1 saturated carbocycles. The van der Waals surface area contributed by atoms with Gasteiger partial charge in [0.25, 0.3) is 0 Å². The van der Waals surface area contributed by atoms with Crippen molar-refractivity contribution < 1.29 is 4.39 Å². The summed E-state index contributed by atoms with van der Waals surface area (Å²) in [5.74, 6) is 1.53. The third kappa shape index (κ3) is 1.50. The fourth-order valence-corrected chi connectivity index (χ4v) is 2.92. The average molecular weight is 222 g/mol. The molecule has 5 heteroatoms. The Labute approximate surface area is 93.7 Å². The lowest BCUT2D eigenvalue weighted by Crippen LogP contribution is -2.23. The molecule has 2 heterocycles. The number of halogens is 1. The summed E-state index contributed by atoms with van der Waals surface area (Å²) in [6.07, 6.45) is 5.11. The zero-order valence-electron chi connectivity index (χ0n) is 9.06. The van der Waals surface area contributed by atoms with Crippen molar-refractivity contribution in [1.82, 2.24) is 9.97 Å². The number of hydrogen-bond acceptors (Lipinski definition) is 4. The molecule has 1 saturated heterocycles. The normalized spacial score (nSPS) is 28.4. The van der Waals surface area contributed by atoms with Gasteiger partial charge in [0.1, 0.15) is 0 Å². The number of fused-ring (bicyclic) bond motifs is 1. The van der Waals surface area contributed by atoms with Gasteiger partial charge in [-0.15, -0.1) is 0 Å². The number of rotatable bonds is 1. The number of nitrogens with two attached hydrogens (primary N) is 1. The van der Waals surface area contributed by atoms with Crippen LogP contribution in [0.1, 0.15) is 19.3 Å². The van der Waals surface area contributed by atoms with E-state index < -0.39 is 5.82 Å². The molecule has 2 fully saturated rings. The lowest BCUT2D eigenvalue weighted by atomic mass is 10.0. The number of nitrogen functional groups attached to an aromatic ring is 1. The Morgan fingerprint density at radius 2 is 2.00 bits per heavy atom. The van der Waals surface area contributed by atoms with Crippen molar-refractivity contribution in [2.45, 2.75) is 19.3 Å². The van der Waals surface area contributed by atoms with E-state index in [9.17, 15) is 4.39 Å². The van der Waals surface area contributed by atoms with Crippen LogP contribution in [0.5, 0.6) is 0 Å². The maximum Gasteiger partial charge on any atom is 0.227 e. The van der Waals surface area contributed by atoms with Gasteiger partial charge in [0.2, 0.25) is 5.95 Å². The van der Waals surface area contributed by atoms with Crippen LogP contribution < -0.4 is 10.6 Å². The van der Waals surface area contributed by atoms with Crippen LogP contribution in [0, 0.1) is 17.7 Å². The molecule has 2 aliphatic rings. The molecule has 1 aromatic rings. The highest BCUT2D eigenvalue weighted by atomic mass is 19.1. The Balaban J connectivity index is 1.81. The van der Waals surface area contributed by atoms with E-state index in [0.717, 1.165) is 31.1 Å². The Kier molecular flexibility index (Phi) is 2.19. The van der Waals surface area contributed by atoms with E-state index in [2.05, 4.69) is 14.9 Å². The first kappa shape index (κ1) is 9.81. The lowest BCUT2D eigenvalue weighted by molar-refractivity contribution is 0.494. The number of aromatic nitrogens is 2. The van der Waals surface area contributed by atoms with E-state index in [0.29, 0.717) is 5.95 Å². The molecule has 0 unspecified atom stereocenters. The maximum absolute atomic E-state index is 12.9. The summed E-state index contributed by atoms with van der Waals surface area (Å²) in [7, 11) is 0. The lowest BCUT2D eigenvalue weighted by Gasteiger charge is -2.16. The van der Waals surface area contributed by atoms with E-state index in [1.807, 2.05) is 0 Å². The molecule has 86 valence electrons. The molecule has 1 aliphatic carbocycles. The van der Waals surface area contributed by atoms with Crippen molar-refractivity contribution in [3.05, 3.63) is 12.0 Å². The van der Waals surface area contributed by atoms with Crippen molar-refractivity contribution in [2.75, 3.05) is 23.7 Å². The first-order valence-electron chi connectivity index (χ1n) is 5.77. The molecule has 0 aromatic carbocycles. The van der Waals surface area contributed by atoms with Gasteiger partial charge in [0.15, 0.2) is 11.6 Å². The SMILES string of the molecule is Nc1nc(N2C[C@H]3CCC[C@H]3C2)ncc1F. The molecule has 0 radical (unpaired) electrons. The fourth-order valence-electron chi connectivity index (χ4n) is 2.92. The molecule has 1 aliphatic heterocycles. The molecule has 0 amide bonds. The Bertz CT molecular complexity index is 397. The zero-order chi connectivity index (χ0) is 11.1. The molecular weight excluding hydrogens is 207 g/mol. The molecule has 0 bridgehead atoms. The van der Waals surface area contributed by atoms with E-state index in [-0.39, 0.29) is 5.82 Å². The summed E-state index contributed by atoms with van der Waals surface area (Å²) in [4.78, 5) is 10.1. The second kappa shape index (κ2) is 3.57.